The van der Waals surface area contributed by atoms with Crippen LogP contribution in [-0.4, -0.2) is 70.9 Å². The third kappa shape index (κ3) is 3.98. The predicted molar refractivity (Wildman–Crippen MR) is 109 cm³/mol. The maximum absolute atomic E-state index is 13.0. The average Bonchev–Trinajstić information content (AvgIpc) is 3.15. The Morgan fingerprint density at radius 2 is 1.79 bits per heavy atom. The van der Waals surface area contributed by atoms with E-state index in [1.807, 2.05) is 48.3 Å². The van der Waals surface area contributed by atoms with E-state index in [1.165, 1.54) is 0 Å². The number of ether oxygens (including phenoxy) is 1. The Morgan fingerprint density at radius 1 is 1.11 bits per heavy atom. The summed E-state index contributed by atoms with van der Waals surface area (Å²) >= 11 is 0. The van der Waals surface area contributed by atoms with Crippen molar-refractivity contribution in [3.8, 4) is 11.3 Å². The summed E-state index contributed by atoms with van der Waals surface area (Å²) < 4.78 is 7.28. The number of carbonyl (C=O) groups is 1. The minimum absolute atomic E-state index is 0.0512. The standard InChI is InChI=1S/C22H30N4O2/c1-17(25-12-14-28-15-13-25)18-8-10-26(11-9-18)22(27)20-16-21(24(2)23-20)19-6-4-3-5-7-19/h3-7,16-18H,8-15H2,1-2H3/t17-/m1/s1. The van der Waals surface area contributed by atoms with Gasteiger partial charge in [0, 0.05) is 39.3 Å². The quantitative estimate of drug-likeness (QED) is 0.816. The van der Waals surface area contributed by atoms with Crippen LogP contribution in [0, 0.1) is 5.92 Å². The van der Waals surface area contributed by atoms with Gasteiger partial charge in [-0.05, 0) is 37.3 Å². The van der Waals surface area contributed by atoms with Gasteiger partial charge in [0.1, 0.15) is 0 Å². The lowest BCUT2D eigenvalue weighted by Crippen LogP contribution is -2.49. The van der Waals surface area contributed by atoms with Crippen molar-refractivity contribution >= 4 is 5.91 Å². The van der Waals surface area contributed by atoms with E-state index < -0.39 is 0 Å². The van der Waals surface area contributed by atoms with Crippen molar-refractivity contribution in [1.82, 2.24) is 19.6 Å². The Balaban J connectivity index is 1.38. The topological polar surface area (TPSA) is 50.6 Å². The molecule has 150 valence electrons. The third-order valence-electron chi connectivity index (χ3n) is 6.30. The molecule has 0 bridgehead atoms. The van der Waals surface area contributed by atoms with Gasteiger partial charge in [-0.25, -0.2) is 0 Å². The summed E-state index contributed by atoms with van der Waals surface area (Å²) in [5.74, 6) is 0.695. The molecule has 0 radical (unpaired) electrons. The highest BCUT2D eigenvalue weighted by Gasteiger charge is 2.31. The van der Waals surface area contributed by atoms with Gasteiger partial charge in [-0.3, -0.25) is 14.4 Å². The number of hydrogen-bond donors (Lipinski definition) is 0. The molecule has 2 fully saturated rings. The molecular formula is C22H30N4O2. The van der Waals surface area contributed by atoms with Gasteiger partial charge in [0.25, 0.3) is 5.91 Å². The smallest absolute Gasteiger partial charge is 0.274 e. The molecule has 6 heteroatoms. The van der Waals surface area contributed by atoms with E-state index in [0.29, 0.717) is 17.7 Å². The molecule has 28 heavy (non-hydrogen) atoms. The predicted octanol–water partition coefficient (Wildman–Crippen LogP) is 2.66. The second kappa shape index (κ2) is 8.45. The van der Waals surface area contributed by atoms with Gasteiger partial charge >= 0.3 is 0 Å². The number of likely N-dealkylation sites (tertiary alicyclic amines) is 1. The summed E-state index contributed by atoms with van der Waals surface area (Å²) in [5, 5.41) is 4.49. The SMILES string of the molecule is C[C@H](C1CCN(C(=O)c2cc(-c3ccccc3)n(C)n2)CC1)N1CCOCC1. The first-order valence-corrected chi connectivity index (χ1v) is 10.3. The van der Waals surface area contributed by atoms with Crippen LogP contribution in [-0.2, 0) is 11.8 Å². The van der Waals surface area contributed by atoms with Gasteiger partial charge in [0.05, 0.1) is 18.9 Å². The Morgan fingerprint density at radius 3 is 2.46 bits per heavy atom. The molecule has 2 aliphatic heterocycles. The lowest BCUT2D eigenvalue weighted by molar-refractivity contribution is -0.000990. The molecule has 6 nitrogen and oxygen atoms in total. The van der Waals surface area contributed by atoms with Crippen LogP contribution < -0.4 is 0 Å². The normalized spacial score (nSPS) is 20.3. The molecule has 4 rings (SSSR count). The molecule has 0 spiro atoms. The summed E-state index contributed by atoms with van der Waals surface area (Å²) in [6.45, 7) is 7.69. The number of piperidine rings is 1. The first-order valence-electron chi connectivity index (χ1n) is 10.3. The van der Waals surface area contributed by atoms with E-state index in [0.717, 1.165) is 63.5 Å². The van der Waals surface area contributed by atoms with Crippen LogP contribution in [0.3, 0.4) is 0 Å². The number of morpholine rings is 1. The van der Waals surface area contributed by atoms with Crippen LogP contribution in [0.5, 0.6) is 0 Å². The van der Waals surface area contributed by atoms with Crippen molar-refractivity contribution in [3.05, 3.63) is 42.1 Å². The average molecular weight is 383 g/mol. The minimum atomic E-state index is 0.0512. The van der Waals surface area contributed by atoms with Crippen LogP contribution >= 0.6 is 0 Å². The van der Waals surface area contributed by atoms with Crippen molar-refractivity contribution in [3.63, 3.8) is 0 Å². The second-order valence-corrected chi connectivity index (χ2v) is 7.92. The number of benzene rings is 1. The number of aryl methyl sites for hydroxylation is 1. The fourth-order valence-corrected chi connectivity index (χ4v) is 4.48. The summed E-state index contributed by atoms with van der Waals surface area (Å²) in [7, 11) is 1.90. The van der Waals surface area contributed by atoms with Gasteiger partial charge in [-0.2, -0.15) is 5.10 Å². The van der Waals surface area contributed by atoms with Crippen molar-refractivity contribution in [1.29, 1.82) is 0 Å². The molecular weight excluding hydrogens is 352 g/mol. The van der Waals surface area contributed by atoms with Crippen LogP contribution in [0.4, 0.5) is 0 Å². The van der Waals surface area contributed by atoms with E-state index in [1.54, 1.807) is 4.68 Å². The maximum atomic E-state index is 13.0. The molecule has 1 amide bonds. The van der Waals surface area contributed by atoms with Gasteiger partial charge < -0.3 is 9.64 Å². The molecule has 0 N–H and O–H groups in total. The first-order chi connectivity index (χ1) is 13.6. The molecule has 1 atom stereocenters. The number of carbonyl (C=O) groups excluding carboxylic acids is 1. The van der Waals surface area contributed by atoms with E-state index in [4.69, 9.17) is 4.74 Å². The zero-order valence-electron chi connectivity index (χ0n) is 16.9. The maximum Gasteiger partial charge on any atom is 0.274 e. The summed E-state index contributed by atoms with van der Waals surface area (Å²) in [6, 6.07) is 12.6. The zero-order valence-corrected chi connectivity index (χ0v) is 16.9. The summed E-state index contributed by atoms with van der Waals surface area (Å²) in [6.07, 6.45) is 2.12. The second-order valence-electron chi connectivity index (χ2n) is 7.92. The molecule has 2 saturated heterocycles. The molecule has 3 heterocycles. The van der Waals surface area contributed by atoms with Crippen LogP contribution in [0.2, 0.25) is 0 Å². The fourth-order valence-electron chi connectivity index (χ4n) is 4.48. The molecule has 1 aromatic heterocycles. The fraction of sp³-hybridized carbons (Fsp3) is 0.545. The van der Waals surface area contributed by atoms with E-state index in [2.05, 4.69) is 16.9 Å². The molecule has 2 aliphatic rings. The largest absolute Gasteiger partial charge is 0.379 e. The van der Waals surface area contributed by atoms with E-state index >= 15 is 0 Å². The molecule has 0 saturated carbocycles. The lowest BCUT2D eigenvalue weighted by Gasteiger charge is -2.40. The first kappa shape index (κ1) is 19.2. The number of rotatable bonds is 4. The van der Waals surface area contributed by atoms with Crippen molar-refractivity contribution in [2.24, 2.45) is 13.0 Å². The van der Waals surface area contributed by atoms with Gasteiger partial charge in [-0.1, -0.05) is 30.3 Å². The van der Waals surface area contributed by atoms with E-state index in [9.17, 15) is 4.79 Å². The van der Waals surface area contributed by atoms with Gasteiger partial charge in [-0.15, -0.1) is 0 Å². The molecule has 0 unspecified atom stereocenters. The minimum Gasteiger partial charge on any atom is -0.379 e. The van der Waals surface area contributed by atoms with Crippen LogP contribution in [0.15, 0.2) is 36.4 Å². The Labute approximate surface area is 167 Å². The number of nitrogens with zero attached hydrogens (tertiary/aromatic N) is 4. The van der Waals surface area contributed by atoms with Crippen LogP contribution in [0.1, 0.15) is 30.3 Å². The number of aromatic nitrogens is 2. The molecule has 0 aliphatic carbocycles. The summed E-state index contributed by atoms with van der Waals surface area (Å²) in [4.78, 5) is 17.5. The Bertz CT molecular complexity index is 790. The van der Waals surface area contributed by atoms with Gasteiger partial charge in [0.15, 0.2) is 5.69 Å². The highest BCUT2D eigenvalue weighted by Crippen LogP contribution is 2.26. The summed E-state index contributed by atoms with van der Waals surface area (Å²) in [5.41, 5.74) is 2.59. The number of hydrogen-bond acceptors (Lipinski definition) is 4. The number of amides is 1. The van der Waals surface area contributed by atoms with Crippen molar-refractivity contribution in [2.75, 3.05) is 39.4 Å². The third-order valence-corrected chi connectivity index (χ3v) is 6.30. The monoisotopic (exact) mass is 382 g/mol. The van der Waals surface area contributed by atoms with Crippen molar-refractivity contribution < 1.29 is 9.53 Å². The molecule has 1 aromatic carbocycles. The zero-order chi connectivity index (χ0) is 19.5. The Hall–Kier alpha value is -2.18. The van der Waals surface area contributed by atoms with Gasteiger partial charge in [0.2, 0.25) is 0 Å². The Kier molecular flexibility index (Phi) is 5.78. The molecule has 2 aromatic rings. The highest BCUT2D eigenvalue weighted by molar-refractivity contribution is 5.93. The van der Waals surface area contributed by atoms with E-state index in [-0.39, 0.29) is 5.91 Å². The lowest BCUT2D eigenvalue weighted by atomic mass is 9.89. The van der Waals surface area contributed by atoms with Crippen LogP contribution in [0.25, 0.3) is 11.3 Å². The van der Waals surface area contributed by atoms with Crippen molar-refractivity contribution in [2.45, 2.75) is 25.8 Å². The highest BCUT2D eigenvalue weighted by atomic mass is 16.5.